The summed E-state index contributed by atoms with van der Waals surface area (Å²) in [5.74, 6) is 0.468. The second-order valence-corrected chi connectivity index (χ2v) is 4.97. The second kappa shape index (κ2) is 17.8. The molecule has 2 aromatic rings. The van der Waals surface area contributed by atoms with Crippen molar-refractivity contribution in [2.75, 3.05) is 13.1 Å². The molecule has 2 N–H and O–H groups in total. The molecule has 0 atom stereocenters. The van der Waals surface area contributed by atoms with Crippen LogP contribution in [0.4, 0.5) is 0 Å². The van der Waals surface area contributed by atoms with Crippen molar-refractivity contribution in [3.63, 3.8) is 0 Å². The van der Waals surface area contributed by atoms with Gasteiger partial charge in [0.15, 0.2) is 0 Å². The molecule has 0 aliphatic heterocycles. The Morgan fingerprint density at radius 2 is 0.893 bits per heavy atom. The van der Waals surface area contributed by atoms with Gasteiger partial charge >= 0.3 is 0 Å². The Balaban J connectivity index is 0. The lowest BCUT2D eigenvalue weighted by atomic mass is 10.1. The largest absolute Gasteiger partial charge is 0.507 e. The van der Waals surface area contributed by atoms with Crippen LogP contribution in [0.2, 0.25) is 0 Å². The number of phenolic OH excluding ortho intramolecular Hbond substituents is 2. The van der Waals surface area contributed by atoms with Crippen LogP contribution in [0.3, 0.4) is 0 Å². The Labute approximate surface area is 171 Å². The summed E-state index contributed by atoms with van der Waals surface area (Å²) in [5, 5.41) is 19.5. The SMILES string of the molecule is CC.CC.CC.CC(=NCCN=C(C)c1ccccc1O)c1ccccc1O. The average molecular weight is 387 g/mol. The van der Waals surface area contributed by atoms with Crippen molar-refractivity contribution >= 4 is 11.4 Å². The van der Waals surface area contributed by atoms with E-state index in [1.54, 1.807) is 24.3 Å². The first-order valence-corrected chi connectivity index (χ1v) is 10.2. The molecule has 0 radical (unpaired) electrons. The van der Waals surface area contributed by atoms with Gasteiger partial charge in [-0.05, 0) is 38.1 Å². The highest BCUT2D eigenvalue weighted by atomic mass is 16.3. The number of nitrogens with zero attached hydrogens (tertiary/aromatic N) is 2. The molecule has 2 aromatic carbocycles. The summed E-state index contributed by atoms with van der Waals surface area (Å²) >= 11 is 0. The fraction of sp³-hybridized carbons (Fsp3) is 0.417. The molecule has 0 aromatic heterocycles. The van der Waals surface area contributed by atoms with E-state index >= 15 is 0 Å². The molecule has 0 saturated carbocycles. The molecule has 0 unspecified atom stereocenters. The third-order valence-electron chi connectivity index (χ3n) is 3.39. The molecule has 156 valence electrons. The Kier molecular flexibility index (Phi) is 17.5. The van der Waals surface area contributed by atoms with Gasteiger partial charge in [0.1, 0.15) is 11.5 Å². The number of benzene rings is 2. The maximum Gasteiger partial charge on any atom is 0.124 e. The van der Waals surface area contributed by atoms with Gasteiger partial charge in [0.25, 0.3) is 0 Å². The Hall–Kier alpha value is -2.62. The Morgan fingerprint density at radius 1 is 0.607 bits per heavy atom. The first-order chi connectivity index (χ1) is 13.6. The predicted octanol–water partition coefficient (Wildman–Crippen LogP) is 6.49. The third kappa shape index (κ3) is 9.91. The zero-order valence-electron chi connectivity index (χ0n) is 18.8. The molecule has 0 fully saturated rings. The normalized spacial score (nSPS) is 10.4. The molecule has 0 spiro atoms. The minimum atomic E-state index is 0.234. The Morgan fingerprint density at radius 3 is 1.18 bits per heavy atom. The lowest BCUT2D eigenvalue weighted by Gasteiger charge is -2.04. The van der Waals surface area contributed by atoms with Gasteiger partial charge < -0.3 is 10.2 Å². The van der Waals surface area contributed by atoms with Crippen molar-refractivity contribution in [3.8, 4) is 11.5 Å². The van der Waals surface area contributed by atoms with E-state index in [4.69, 9.17) is 0 Å². The zero-order valence-corrected chi connectivity index (χ0v) is 18.8. The van der Waals surface area contributed by atoms with E-state index in [0.717, 1.165) is 22.6 Å². The molecular formula is C24H38N2O2. The number of aromatic hydroxyl groups is 2. The second-order valence-electron chi connectivity index (χ2n) is 4.97. The Bertz CT molecular complexity index is 646. The number of para-hydroxylation sites is 2. The number of hydrogen-bond donors (Lipinski definition) is 2. The van der Waals surface area contributed by atoms with E-state index in [9.17, 15) is 10.2 Å². The topological polar surface area (TPSA) is 65.2 Å². The van der Waals surface area contributed by atoms with Crippen LogP contribution >= 0.6 is 0 Å². The van der Waals surface area contributed by atoms with Gasteiger partial charge in [-0.1, -0.05) is 65.8 Å². The molecule has 0 aliphatic rings. The van der Waals surface area contributed by atoms with Crippen molar-refractivity contribution in [1.29, 1.82) is 0 Å². The van der Waals surface area contributed by atoms with Crippen molar-refractivity contribution < 1.29 is 10.2 Å². The summed E-state index contributed by atoms with van der Waals surface area (Å²) in [7, 11) is 0. The van der Waals surface area contributed by atoms with Crippen LogP contribution in [0.25, 0.3) is 0 Å². The molecule has 28 heavy (non-hydrogen) atoms. The fourth-order valence-corrected chi connectivity index (χ4v) is 2.16. The van der Waals surface area contributed by atoms with Crippen LogP contribution < -0.4 is 0 Å². The minimum absolute atomic E-state index is 0.234. The van der Waals surface area contributed by atoms with Gasteiger partial charge in [-0.25, -0.2) is 0 Å². The fourth-order valence-electron chi connectivity index (χ4n) is 2.16. The van der Waals surface area contributed by atoms with Crippen molar-refractivity contribution in [3.05, 3.63) is 59.7 Å². The number of hydrogen-bond acceptors (Lipinski definition) is 4. The van der Waals surface area contributed by atoms with Gasteiger partial charge in [0.2, 0.25) is 0 Å². The van der Waals surface area contributed by atoms with Crippen LogP contribution in [0, 0.1) is 0 Å². The standard InChI is InChI=1S/C18H20N2O2.3C2H6/c1-13(15-7-3-5-9-17(15)21)19-11-12-20-14(2)16-8-4-6-10-18(16)22;3*1-2/h3-10,21-22H,11-12H2,1-2H3;3*1-2H3. The zero-order chi connectivity index (χ0) is 21.9. The smallest absolute Gasteiger partial charge is 0.124 e. The summed E-state index contributed by atoms with van der Waals surface area (Å²) in [6.45, 7) is 16.8. The minimum Gasteiger partial charge on any atom is -0.507 e. The number of rotatable bonds is 5. The average Bonchev–Trinajstić information content (AvgIpc) is 2.76. The van der Waals surface area contributed by atoms with Gasteiger partial charge in [0, 0.05) is 22.6 Å². The van der Waals surface area contributed by atoms with Crippen molar-refractivity contribution in [2.24, 2.45) is 9.98 Å². The molecule has 0 aliphatic carbocycles. The summed E-state index contributed by atoms with van der Waals surface area (Å²) < 4.78 is 0. The quantitative estimate of drug-likeness (QED) is 0.455. The maximum absolute atomic E-state index is 9.77. The van der Waals surface area contributed by atoms with Gasteiger partial charge in [-0.2, -0.15) is 0 Å². The number of phenols is 2. The monoisotopic (exact) mass is 386 g/mol. The van der Waals surface area contributed by atoms with E-state index in [2.05, 4.69) is 9.98 Å². The molecule has 0 amide bonds. The van der Waals surface area contributed by atoms with Gasteiger partial charge in [-0.15, -0.1) is 0 Å². The lowest BCUT2D eigenvalue weighted by Crippen LogP contribution is -2.01. The van der Waals surface area contributed by atoms with Gasteiger partial charge in [-0.3, -0.25) is 9.98 Å². The van der Waals surface area contributed by atoms with Crippen LogP contribution in [-0.2, 0) is 0 Å². The van der Waals surface area contributed by atoms with Crippen LogP contribution in [0.15, 0.2) is 58.5 Å². The van der Waals surface area contributed by atoms with E-state index < -0.39 is 0 Å². The highest BCUT2D eigenvalue weighted by molar-refractivity contribution is 6.01. The highest BCUT2D eigenvalue weighted by Gasteiger charge is 2.03. The van der Waals surface area contributed by atoms with Crippen LogP contribution in [0.1, 0.15) is 66.5 Å². The number of aliphatic imine (C=N–C) groups is 2. The van der Waals surface area contributed by atoms with E-state index in [1.807, 2.05) is 79.7 Å². The molecule has 4 heteroatoms. The van der Waals surface area contributed by atoms with Gasteiger partial charge in [0.05, 0.1) is 13.1 Å². The van der Waals surface area contributed by atoms with E-state index in [-0.39, 0.29) is 11.5 Å². The summed E-state index contributed by atoms with van der Waals surface area (Å²) in [6.07, 6.45) is 0. The highest BCUT2D eigenvalue weighted by Crippen LogP contribution is 2.17. The summed E-state index contributed by atoms with van der Waals surface area (Å²) in [5.41, 5.74) is 3.05. The first kappa shape index (κ1) is 27.6. The molecule has 2 rings (SSSR count). The van der Waals surface area contributed by atoms with Crippen LogP contribution in [-0.4, -0.2) is 34.7 Å². The molecular weight excluding hydrogens is 348 g/mol. The third-order valence-corrected chi connectivity index (χ3v) is 3.39. The summed E-state index contributed by atoms with van der Waals surface area (Å²) in [4.78, 5) is 8.86. The van der Waals surface area contributed by atoms with Crippen molar-refractivity contribution in [2.45, 2.75) is 55.4 Å². The van der Waals surface area contributed by atoms with Crippen molar-refractivity contribution in [1.82, 2.24) is 0 Å². The molecule has 0 bridgehead atoms. The predicted molar refractivity (Wildman–Crippen MR) is 124 cm³/mol. The first-order valence-electron chi connectivity index (χ1n) is 10.2. The van der Waals surface area contributed by atoms with Crippen LogP contribution in [0.5, 0.6) is 11.5 Å². The molecule has 0 heterocycles. The summed E-state index contributed by atoms with van der Waals surface area (Å²) in [6, 6.07) is 14.3. The molecule has 4 nitrogen and oxygen atoms in total. The van der Waals surface area contributed by atoms with E-state index in [0.29, 0.717) is 13.1 Å². The lowest BCUT2D eigenvalue weighted by molar-refractivity contribution is 0.473. The van der Waals surface area contributed by atoms with E-state index in [1.165, 1.54) is 0 Å². The maximum atomic E-state index is 9.77. The molecule has 0 saturated heterocycles.